The summed E-state index contributed by atoms with van der Waals surface area (Å²) in [4.78, 5) is 0. The van der Waals surface area contributed by atoms with Gasteiger partial charge >= 0.3 is 0 Å². The van der Waals surface area contributed by atoms with Crippen molar-refractivity contribution < 1.29 is 4.39 Å². The highest BCUT2D eigenvalue weighted by Gasteiger charge is 2.27. The highest BCUT2D eigenvalue weighted by molar-refractivity contribution is 5.82. The van der Waals surface area contributed by atoms with E-state index in [1.165, 1.54) is 55.6 Å². The maximum Gasteiger partial charge on any atom is 0.115 e. The fourth-order valence-electron chi connectivity index (χ4n) is 4.97. The molecule has 0 saturated heterocycles. The Bertz CT molecular complexity index is 882. The summed E-state index contributed by atoms with van der Waals surface area (Å²) in [5.41, 5.74) is 14.2. The van der Waals surface area contributed by atoms with Crippen molar-refractivity contribution in [1.82, 2.24) is 0 Å². The molecule has 2 aromatic carbocycles. The molecule has 0 unspecified atom stereocenters. The van der Waals surface area contributed by atoms with E-state index in [2.05, 4.69) is 82.2 Å². The van der Waals surface area contributed by atoms with Gasteiger partial charge in [-0.05, 0) is 114 Å². The zero-order chi connectivity index (χ0) is 21.5. The van der Waals surface area contributed by atoms with E-state index in [4.69, 9.17) is 0 Å². The van der Waals surface area contributed by atoms with E-state index in [0.29, 0.717) is 11.8 Å². The Labute approximate surface area is 172 Å². The van der Waals surface area contributed by atoms with Gasteiger partial charge in [0.2, 0.25) is 0 Å². The van der Waals surface area contributed by atoms with Crippen LogP contribution in [0.3, 0.4) is 0 Å². The topological polar surface area (TPSA) is 0 Å². The maximum atomic E-state index is 14.1. The number of aryl methyl sites for hydroxylation is 1. The van der Waals surface area contributed by atoms with Gasteiger partial charge in [0.05, 0.1) is 0 Å². The molecule has 0 nitrogen and oxygen atoms in total. The van der Waals surface area contributed by atoms with E-state index in [-0.39, 0.29) is 5.92 Å². The van der Waals surface area contributed by atoms with Gasteiger partial charge in [0.15, 0.2) is 0 Å². The van der Waals surface area contributed by atoms with Crippen LogP contribution in [0.4, 0.5) is 4.39 Å². The summed E-state index contributed by atoms with van der Waals surface area (Å²) in [7, 11) is 0. The van der Waals surface area contributed by atoms with Crippen LogP contribution in [0, 0.1) is 34.6 Å². The lowest BCUT2D eigenvalue weighted by molar-refractivity contribution is 0.480. The van der Waals surface area contributed by atoms with Crippen molar-refractivity contribution in [2.24, 2.45) is 0 Å². The Morgan fingerprint density at radius 1 is 0.607 bits per heavy atom. The average Bonchev–Trinajstić information content (AvgIpc) is 2.60. The third-order valence-corrected chi connectivity index (χ3v) is 6.56. The van der Waals surface area contributed by atoms with E-state index >= 15 is 0 Å². The second kappa shape index (κ2) is 8.39. The largest absolute Gasteiger partial charge is 0.246 e. The van der Waals surface area contributed by atoms with Gasteiger partial charge in [0.25, 0.3) is 0 Å². The molecule has 0 radical (unpaired) electrons. The predicted molar refractivity (Wildman–Crippen MR) is 123 cm³/mol. The Balaban J connectivity index is 3.20. The minimum Gasteiger partial charge on any atom is -0.246 e. The summed E-state index contributed by atoms with van der Waals surface area (Å²) in [6.07, 6.45) is 0. The number of rotatable bonds is 5. The Kier molecular flexibility index (Phi) is 6.79. The first-order chi connectivity index (χ1) is 12.9. The minimum absolute atomic E-state index is 0.281. The minimum atomic E-state index is -0.403. The predicted octanol–water partition coefficient (Wildman–Crippen LogP) is 8.74. The van der Waals surface area contributed by atoms with Crippen molar-refractivity contribution in [3.05, 3.63) is 56.1 Å². The molecule has 0 atom stereocenters. The standard InChI is InChI=1S/C27H39F/c1-14(2)23-20(10)19(9)21(11)27(25(23)16(5)6)26-18(8)17(7)12-22(13-28)24(26)15(3)4/h12,14-16H,13H2,1-11H3. The van der Waals surface area contributed by atoms with Crippen LogP contribution in [0.25, 0.3) is 11.1 Å². The first-order valence-electron chi connectivity index (χ1n) is 10.8. The van der Waals surface area contributed by atoms with Crippen LogP contribution >= 0.6 is 0 Å². The molecule has 154 valence electrons. The molecule has 0 aromatic heterocycles. The number of halogens is 1. The van der Waals surface area contributed by atoms with Crippen molar-refractivity contribution in [3.8, 4) is 11.1 Å². The van der Waals surface area contributed by atoms with Gasteiger partial charge < -0.3 is 0 Å². The van der Waals surface area contributed by atoms with Crippen LogP contribution in [0.2, 0.25) is 0 Å². The summed E-state index contributed by atoms with van der Waals surface area (Å²) in [5.74, 6) is 1.16. The zero-order valence-electron chi connectivity index (χ0n) is 19.9. The fourth-order valence-corrected chi connectivity index (χ4v) is 4.97. The van der Waals surface area contributed by atoms with Crippen molar-refractivity contribution >= 4 is 0 Å². The third kappa shape index (κ3) is 3.65. The Morgan fingerprint density at radius 2 is 1.07 bits per heavy atom. The molecule has 2 rings (SSSR count). The number of benzene rings is 2. The SMILES string of the molecule is Cc1cc(CF)c(C(C)C)c(-c2c(C)c(C)c(C)c(C(C)C)c2C(C)C)c1C. The van der Waals surface area contributed by atoms with E-state index < -0.39 is 6.67 Å². The van der Waals surface area contributed by atoms with Gasteiger partial charge in [-0.3, -0.25) is 0 Å². The number of alkyl halides is 1. The van der Waals surface area contributed by atoms with E-state index in [1.54, 1.807) is 0 Å². The van der Waals surface area contributed by atoms with Crippen LogP contribution in [0.1, 0.15) is 109 Å². The maximum absolute atomic E-state index is 14.1. The quantitative estimate of drug-likeness (QED) is 0.485. The molecule has 0 amide bonds. The van der Waals surface area contributed by atoms with Crippen LogP contribution in [0.15, 0.2) is 6.07 Å². The molecule has 0 aliphatic heterocycles. The molecule has 0 heterocycles. The highest BCUT2D eigenvalue weighted by atomic mass is 19.1. The van der Waals surface area contributed by atoms with E-state index in [9.17, 15) is 4.39 Å². The summed E-state index contributed by atoms with van der Waals surface area (Å²) in [6, 6.07) is 2.06. The van der Waals surface area contributed by atoms with Gasteiger partial charge in [0.1, 0.15) is 6.67 Å². The van der Waals surface area contributed by atoms with Gasteiger partial charge in [-0.1, -0.05) is 47.6 Å². The van der Waals surface area contributed by atoms with Gasteiger partial charge in [-0.25, -0.2) is 4.39 Å². The summed E-state index contributed by atoms with van der Waals surface area (Å²) in [6.45, 7) is 24.3. The van der Waals surface area contributed by atoms with E-state index in [0.717, 1.165) is 5.56 Å². The molecule has 1 heteroatoms. The second-order valence-corrected chi connectivity index (χ2v) is 9.44. The monoisotopic (exact) mass is 382 g/mol. The summed E-state index contributed by atoms with van der Waals surface area (Å²) < 4.78 is 14.1. The number of hydrogen-bond donors (Lipinski definition) is 0. The molecule has 2 aromatic rings. The average molecular weight is 383 g/mol. The fraction of sp³-hybridized carbons (Fsp3) is 0.556. The van der Waals surface area contributed by atoms with E-state index in [1.807, 2.05) is 0 Å². The Hall–Kier alpha value is -1.63. The van der Waals surface area contributed by atoms with Gasteiger partial charge in [0, 0.05) is 0 Å². The molecule has 0 fully saturated rings. The molecule has 0 aliphatic rings. The Morgan fingerprint density at radius 3 is 1.50 bits per heavy atom. The molecule has 0 spiro atoms. The smallest absolute Gasteiger partial charge is 0.115 e. The lowest BCUT2D eigenvalue weighted by Gasteiger charge is -2.30. The molecule has 28 heavy (non-hydrogen) atoms. The van der Waals surface area contributed by atoms with Crippen molar-refractivity contribution in [2.45, 2.75) is 101 Å². The molecule has 0 aliphatic carbocycles. The molecular formula is C27H39F. The molecular weight excluding hydrogens is 343 g/mol. The molecule has 0 N–H and O–H groups in total. The summed E-state index contributed by atoms with van der Waals surface area (Å²) in [5, 5.41) is 0. The van der Waals surface area contributed by atoms with Crippen molar-refractivity contribution in [2.75, 3.05) is 0 Å². The summed E-state index contributed by atoms with van der Waals surface area (Å²) >= 11 is 0. The lowest BCUT2D eigenvalue weighted by Crippen LogP contribution is -2.12. The lowest BCUT2D eigenvalue weighted by atomic mass is 9.74. The van der Waals surface area contributed by atoms with Crippen LogP contribution in [-0.4, -0.2) is 0 Å². The molecule has 0 saturated carbocycles. The normalized spacial score (nSPS) is 12.0. The first kappa shape index (κ1) is 22.7. The number of hydrogen-bond acceptors (Lipinski definition) is 0. The first-order valence-corrected chi connectivity index (χ1v) is 10.8. The van der Waals surface area contributed by atoms with Crippen LogP contribution < -0.4 is 0 Å². The van der Waals surface area contributed by atoms with Gasteiger partial charge in [-0.2, -0.15) is 0 Å². The van der Waals surface area contributed by atoms with Crippen molar-refractivity contribution in [3.63, 3.8) is 0 Å². The highest BCUT2D eigenvalue weighted by Crippen LogP contribution is 2.46. The second-order valence-electron chi connectivity index (χ2n) is 9.44. The van der Waals surface area contributed by atoms with Crippen LogP contribution in [-0.2, 0) is 6.67 Å². The molecule has 0 bridgehead atoms. The zero-order valence-corrected chi connectivity index (χ0v) is 19.9. The van der Waals surface area contributed by atoms with Crippen molar-refractivity contribution in [1.29, 1.82) is 0 Å². The van der Waals surface area contributed by atoms with Crippen LogP contribution in [0.5, 0.6) is 0 Å². The van der Waals surface area contributed by atoms with Gasteiger partial charge in [-0.15, -0.1) is 0 Å². The third-order valence-electron chi connectivity index (χ3n) is 6.56.